The fourth-order valence-corrected chi connectivity index (χ4v) is 5.43. The molecule has 0 radical (unpaired) electrons. The Kier molecular flexibility index (Phi) is 8.89. The van der Waals surface area contributed by atoms with Gasteiger partial charge in [-0.05, 0) is 62.6 Å². The van der Waals surface area contributed by atoms with Gasteiger partial charge in [-0.25, -0.2) is 22.3 Å². The minimum absolute atomic E-state index is 0.0422. The molecule has 2 N–H and O–H groups in total. The van der Waals surface area contributed by atoms with Crippen LogP contribution in [0.25, 0.3) is 0 Å². The number of hydrogen-bond acceptors (Lipinski definition) is 6. The van der Waals surface area contributed by atoms with Crippen LogP contribution in [0, 0.1) is 11.7 Å². The summed E-state index contributed by atoms with van der Waals surface area (Å²) in [6, 6.07) is 4.03. The van der Waals surface area contributed by atoms with Crippen molar-refractivity contribution < 1.29 is 31.9 Å². The number of unbranched alkanes of at least 4 members (excludes halogenated alkanes) is 2. The van der Waals surface area contributed by atoms with Crippen LogP contribution >= 0.6 is 0 Å². The summed E-state index contributed by atoms with van der Waals surface area (Å²) in [5.74, 6) is -0.311. The highest BCUT2D eigenvalue weighted by Crippen LogP contribution is 2.33. The first-order chi connectivity index (χ1) is 16.1. The first kappa shape index (κ1) is 26.4. The van der Waals surface area contributed by atoms with Crippen LogP contribution in [0.1, 0.15) is 51.0 Å². The number of halogens is 1. The molecule has 0 spiro atoms. The largest absolute Gasteiger partial charge is 0.490 e. The van der Waals surface area contributed by atoms with Gasteiger partial charge in [0.15, 0.2) is 11.6 Å². The minimum atomic E-state index is -3.66. The third kappa shape index (κ3) is 7.64. The van der Waals surface area contributed by atoms with E-state index in [1.807, 2.05) is 0 Å². The number of nitrogens with zero attached hydrogens (tertiary/aromatic N) is 1. The number of ether oxygens (including phenoxy) is 2. The number of imide groups is 1. The summed E-state index contributed by atoms with van der Waals surface area (Å²) in [4.78, 5) is 24.2. The van der Waals surface area contributed by atoms with Crippen LogP contribution in [-0.4, -0.2) is 64.4 Å². The standard InChI is InChI=1S/C23H34FN3O6S/c1-23(10-12-32-2,18-8-9-19(24)20(14-18)33-16-17-6-7-17)26-34(30,31)13-5-3-4-11-27-15-21(28)25-22(27)29/h8-9,14,17,26H,3-7,10-13,15-16H2,1-2H3,(H,25,28,29). The highest BCUT2D eigenvalue weighted by atomic mass is 32.2. The molecule has 3 amide bonds. The van der Waals surface area contributed by atoms with E-state index in [0.29, 0.717) is 56.9 Å². The molecule has 1 saturated heterocycles. The van der Waals surface area contributed by atoms with E-state index < -0.39 is 27.4 Å². The average Bonchev–Trinajstić information content (AvgIpc) is 3.54. The number of hydrogen-bond donors (Lipinski definition) is 2. The van der Waals surface area contributed by atoms with Gasteiger partial charge in [-0.1, -0.05) is 12.5 Å². The Morgan fingerprint density at radius 2 is 2.00 bits per heavy atom. The molecule has 2 fully saturated rings. The Morgan fingerprint density at radius 3 is 2.65 bits per heavy atom. The van der Waals surface area contributed by atoms with Crippen LogP contribution < -0.4 is 14.8 Å². The number of benzene rings is 1. The molecule has 1 unspecified atom stereocenters. The van der Waals surface area contributed by atoms with Gasteiger partial charge < -0.3 is 14.4 Å². The summed E-state index contributed by atoms with van der Waals surface area (Å²) in [7, 11) is -2.12. The van der Waals surface area contributed by atoms with E-state index in [0.717, 1.165) is 12.8 Å². The van der Waals surface area contributed by atoms with E-state index >= 15 is 0 Å². The number of methoxy groups -OCH3 is 1. The molecule has 190 valence electrons. The second kappa shape index (κ2) is 11.5. The zero-order valence-corrected chi connectivity index (χ0v) is 20.6. The summed E-state index contributed by atoms with van der Waals surface area (Å²) in [5.41, 5.74) is -0.404. The smallest absolute Gasteiger partial charge is 0.324 e. The van der Waals surface area contributed by atoms with E-state index in [2.05, 4.69) is 10.0 Å². The molecule has 1 atom stereocenters. The van der Waals surface area contributed by atoms with Gasteiger partial charge >= 0.3 is 6.03 Å². The van der Waals surface area contributed by atoms with Crippen molar-refractivity contribution in [2.24, 2.45) is 5.92 Å². The molecule has 3 rings (SSSR count). The third-order valence-electron chi connectivity index (χ3n) is 6.14. The van der Waals surface area contributed by atoms with E-state index in [4.69, 9.17) is 9.47 Å². The van der Waals surface area contributed by atoms with Crippen molar-refractivity contribution >= 4 is 22.0 Å². The number of rotatable bonds is 15. The highest BCUT2D eigenvalue weighted by molar-refractivity contribution is 7.89. The molecule has 1 heterocycles. The van der Waals surface area contributed by atoms with E-state index in [9.17, 15) is 22.4 Å². The quantitative estimate of drug-likeness (QED) is 0.283. The zero-order valence-electron chi connectivity index (χ0n) is 19.8. The maximum Gasteiger partial charge on any atom is 0.324 e. The average molecular weight is 500 g/mol. The van der Waals surface area contributed by atoms with Crippen LogP contribution in [0.2, 0.25) is 0 Å². The SMILES string of the molecule is COCCC(C)(NS(=O)(=O)CCCCCN1CC(=O)NC1=O)c1ccc(F)c(OCC2CC2)c1. The van der Waals surface area contributed by atoms with Gasteiger partial charge in [0, 0.05) is 20.3 Å². The summed E-state index contributed by atoms with van der Waals surface area (Å²) in [6.07, 6.45) is 4.10. The summed E-state index contributed by atoms with van der Waals surface area (Å²) < 4.78 is 53.7. The number of sulfonamides is 1. The maximum atomic E-state index is 14.3. The lowest BCUT2D eigenvalue weighted by Crippen LogP contribution is -2.45. The Bertz CT molecular complexity index is 985. The molecule has 1 aromatic carbocycles. The molecule has 0 aromatic heterocycles. The molecule has 1 saturated carbocycles. The summed E-state index contributed by atoms with van der Waals surface area (Å²) in [5, 5.41) is 2.21. The van der Waals surface area contributed by atoms with Gasteiger partial charge in [0.05, 0.1) is 17.9 Å². The number of carbonyl (C=O) groups excluding carboxylic acids is 2. The molecule has 11 heteroatoms. The first-order valence-corrected chi connectivity index (χ1v) is 13.3. The molecule has 0 bridgehead atoms. The fraction of sp³-hybridized carbons (Fsp3) is 0.652. The molecule has 34 heavy (non-hydrogen) atoms. The lowest BCUT2D eigenvalue weighted by molar-refractivity contribution is -0.118. The predicted molar refractivity (Wildman–Crippen MR) is 124 cm³/mol. The maximum absolute atomic E-state index is 14.3. The lowest BCUT2D eigenvalue weighted by Gasteiger charge is -2.31. The summed E-state index contributed by atoms with van der Waals surface area (Å²) in [6.45, 7) is 2.96. The van der Waals surface area contributed by atoms with Gasteiger partial charge in [-0.2, -0.15) is 0 Å². The first-order valence-electron chi connectivity index (χ1n) is 11.6. The van der Waals surface area contributed by atoms with Gasteiger partial charge in [-0.15, -0.1) is 0 Å². The predicted octanol–water partition coefficient (Wildman–Crippen LogP) is 2.51. The van der Waals surface area contributed by atoms with Gasteiger partial charge in [0.25, 0.3) is 0 Å². The van der Waals surface area contributed by atoms with Gasteiger partial charge in [0.1, 0.15) is 6.54 Å². The second-order valence-corrected chi connectivity index (χ2v) is 11.1. The lowest BCUT2D eigenvalue weighted by atomic mass is 9.90. The summed E-state index contributed by atoms with van der Waals surface area (Å²) >= 11 is 0. The van der Waals surface area contributed by atoms with Crippen LogP contribution in [0.3, 0.4) is 0 Å². The van der Waals surface area contributed by atoms with Crippen molar-refractivity contribution in [3.05, 3.63) is 29.6 Å². The number of nitrogens with one attached hydrogen (secondary N) is 2. The van der Waals surface area contributed by atoms with Crippen LogP contribution in [-0.2, 0) is 25.1 Å². The van der Waals surface area contributed by atoms with Crippen LogP contribution in [0.5, 0.6) is 5.75 Å². The van der Waals surface area contributed by atoms with Crippen molar-refractivity contribution in [2.45, 2.75) is 51.0 Å². The molecular weight excluding hydrogens is 465 g/mol. The van der Waals surface area contributed by atoms with Crippen molar-refractivity contribution in [3.8, 4) is 5.75 Å². The number of urea groups is 1. The van der Waals surface area contributed by atoms with Gasteiger partial charge in [-0.3, -0.25) is 10.1 Å². The van der Waals surface area contributed by atoms with Crippen LogP contribution in [0.4, 0.5) is 9.18 Å². The molecule has 2 aliphatic rings. The van der Waals surface area contributed by atoms with E-state index in [1.54, 1.807) is 19.1 Å². The zero-order chi connectivity index (χ0) is 24.8. The van der Waals surface area contributed by atoms with Gasteiger partial charge in [0.2, 0.25) is 15.9 Å². The minimum Gasteiger partial charge on any atom is -0.490 e. The van der Waals surface area contributed by atoms with Crippen molar-refractivity contribution in [1.29, 1.82) is 0 Å². The highest BCUT2D eigenvalue weighted by Gasteiger charge is 2.33. The molecule has 9 nitrogen and oxygen atoms in total. The van der Waals surface area contributed by atoms with Crippen molar-refractivity contribution in [2.75, 3.05) is 39.2 Å². The Balaban J connectivity index is 1.58. The second-order valence-electron chi connectivity index (χ2n) is 9.23. The van der Waals surface area contributed by atoms with E-state index in [1.165, 1.54) is 18.1 Å². The molecular formula is C23H34FN3O6S. The number of amides is 3. The molecule has 1 aliphatic heterocycles. The topological polar surface area (TPSA) is 114 Å². The number of carbonyl (C=O) groups is 2. The normalized spacial score (nSPS) is 18.1. The molecule has 1 aromatic rings. The Labute approximate surface area is 200 Å². The third-order valence-corrected chi connectivity index (χ3v) is 7.72. The van der Waals surface area contributed by atoms with Crippen LogP contribution in [0.15, 0.2) is 18.2 Å². The fourth-order valence-electron chi connectivity index (χ4n) is 3.84. The van der Waals surface area contributed by atoms with E-state index in [-0.39, 0.29) is 24.0 Å². The van der Waals surface area contributed by atoms with Crippen molar-refractivity contribution in [1.82, 2.24) is 14.9 Å². The Hall–Kier alpha value is -2.24. The Morgan fingerprint density at radius 1 is 1.24 bits per heavy atom. The van der Waals surface area contributed by atoms with Crippen molar-refractivity contribution in [3.63, 3.8) is 0 Å². The monoisotopic (exact) mass is 499 g/mol. The molecule has 1 aliphatic carbocycles.